The molecule has 0 fully saturated rings. The van der Waals surface area contributed by atoms with Crippen molar-refractivity contribution < 1.29 is 14.3 Å². The zero-order valence-electron chi connectivity index (χ0n) is 6.75. The smallest absolute Gasteiger partial charge is 0.336 e. The van der Waals surface area contributed by atoms with Gasteiger partial charge in [-0.2, -0.15) is 0 Å². The van der Waals surface area contributed by atoms with E-state index >= 15 is 0 Å². The fourth-order valence-electron chi connectivity index (χ4n) is 1.54. The van der Waals surface area contributed by atoms with E-state index in [-0.39, 0.29) is 17.7 Å². The summed E-state index contributed by atoms with van der Waals surface area (Å²) < 4.78 is 13.2. The first kappa shape index (κ1) is 8.04. The molecule has 0 saturated heterocycles. The molecule has 1 aromatic rings. The molecule has 1 heterocycles. The Hall–Kier alpha value is -1.58. The van der Waals surface area contributed by atoms with Crippen molar-refractivity contribution in [1.82, 2.24) is 0 Å². The van der Waals surface area contributed by atoms with Gasteiger partial charge in [0.25, 0.3) is 0 Å². The number of carboxylic acids is 1. The Bertz CT molecular complexity index is 365. The van der Waals surface area contributed by atoms with Gasteiger partial charge in [0.1, 0.15) is 6.17 Å². The van der Waals surface area contributed by atoms with Crippen LogP contribution in [0.5, 0.6) is 0 Å². The maximum atomic E-state index is 13.2. The number of hydrogen-bond acceptors (Lipinski definition) is 2. The highest BCUT2D eigenvalue weighted by molar-refractivity contribution is 5.92. The molecule has 2 N–H and O–H groups in total. The summed E-state index contributed by atoms with van der Waals surface area (Å²) in [6.07, 6.45) is -1.21. The first-order valence-electron chi connectivity index (χ1n) is 3.94. The number of aromatic carboxylic acids is 1. The van der Waals surface area contributed by atoms with Crippen LogP contribution >= 0.6 is 0 Å². The van der Waals surface area contributed by atoms with Gasteiger partial charge in [-0.05, 0) is 12.1 Å². The minimum absolute atomic E-state index is 0.0509. The maximum Gasteiger partial charge on any atom is 0.336 e. The number of halogens is 1. The molecule has 1 aliphatic rings. The van der Waals surface area contributed by atoms with E-state index in [1.165, 1.54) is 6.07 Å². The Morgan fingerprint density at radius 1 is 1.62 bits per heavy atom. The van der Waals surface area contributed by atoms with Gasteiger partial charge in [0.15, 0.2) is 0 Å². The Morgan fingerprint density at radius 2 is 2.38 bits per heavy atom. The number of anilines is 1. The van der Waals surface area contributed by atoms with Crippen LogP contribution in [0.2, 0.25) is 0 Å². The van der Waals surface area contributed by atoms with Gasteiger partial charge in [0.2, 0.25) is 0 Å². The number of hydrogen-bond donors (Lipinski definition) is 2. The Morgan fingerprint density at radius 3 is 3.08 bits per heavy atom. The van der Waals surface area contributed by atoms with E-state index in [4.69, 9.17) is 5.11 Å². The van der Waals surface area contributed by atoms with Crippen molar-refractivity contribution in [3.05, 3.63) is 29.3 Å². The number of nitrogens with one attached hydrogen (secondary N) is 1. The molecule has 0 spiro atoms. The molecule has 13 heavy (non-hydrogen) atoms. The normalized spacial score (nSPS) is 19.3. The van der Waals surface area contributed by atoms with Crippen molar-refractivity contribution in [3.63, 3.8) is 0 Å². The third-order valence-corrected chi connectivity index (χ3v) is 2.12. The van der Waals surface area contributed by atoms with Crippen molar-refractivity contribution in [3.8, 4) is 0 Å². The maximum absolute atomic E-state index is 13.2. The molecule has 1 unspecified atom stereocenters. The number of carbonyl (C=O) groups is 1. The molecule has 0 saturated carbocycles. The van der Waals surface area contributed by atoms with Crippen molar-refractivity contribution in [2.24, 2.45) is 0 Å². The molecule has 1 aliphatic heterocycles. The predicted octanol–water partition coefficient (Wildman–Crippen LogP) is 1.82. The first-order valence-corrected chi connectivity index (χ1v) is 3.94. The van der Waals surface area contributed by atoms with Crippen LogP contribution in [-0.4, -0.2) is 17.6 Å². The average molecular weight is 181 g/mol. The van der Waals surface area contributed by atoms with Gasteiger partial charge in [0, 0.05) is 11.3 Å². The molecule has 4 heteroatoms. The van der Waals surface area contributed by atoms with Gasteiger partial charge in [0.05, 0.1) is 12.1 Å². The van der Waals surface area contributed by atoms with Crippen LogP contribution in [0.3, 0.4) is 0 Å². The molecular weight excluding hydrogens is 173 g/mol. The monoisotopic (exact) mass is 181 g/mol. The third-order valence-electron chi connectivity index (χ3n) is 2.12. The Kier molecular flexibility index (Phi) is 1.69. The van der Waals surface area contributed by atoms with Gasteiger partial charge >= 0.3 is 5.97 Å². The number of rotatable bonds is 1. The summed E-state index contributed by atoms with van der Waals surface area (Å²) in [5, 5.41) is 11.6. The quantitative estimate of drug-likeness (QED) is 0.694. The number of fused-ring (bicyclic) bond motifs is 1. The van der Waals surface area contributed by atoms with Gasteiger partial charge in [-0.25, -0.2) is 9.18 Å². The molecule has 0 bridgehead atoms. The molecule has 0 radical (unpaired) electrons. The van der Waals surface area contributed by atoms with Gasteiger partial charge < -0.3 is 10.4 Å². The number of carboxylic acid groups (broad SMARTS) is 1. The average Bonchev–Trinajstić information content (AvgIpc) is 2.48. The molecule has 1 atom stereocenters. The molecule has 0 amide bonds. The summed E-state index contributed by atoms with van der Waals surface area (Å²) in [6, 6.07) is 4.70. The highest BCUT2D eigenvalue weighted by atomic mass is 19.1. The standard InChI is InChI=1S/C9H8FNO2/c10-6-4-11-7-3-1-2-5(8(6)7)9(12)13/h1-3,6,11H,4H2,(H,12,13). The highest BCUT2D eigenvalue weighted by Crippen LogP contribution is 2.34. The number of alkyl halides is 1. The van der Waals surface area contributed by atoms with Crippen LogP contribution in [-0.2, 0) is 0 Å². The van der Waals surface area contributed by atoms with Crippen molar-refractivity contribution in [1.29, 1.82) is 0 Å². The van der Waals surface area contributed by atoms with Gasteiger partial charge in [-0.3, -0.25) is 0 Å². The van der Waals surface area contributed by atoms with Crippen molar-refractivity contribution in [2.45, 2.75) is 6.17 Å². The molecule has 0 aliphatic carbocycles. The Labute approximate surface area is 74.2 Å². The van der Waals surface area contributed by atoms with Crippen molar-refractivity contribution >= 4 is 11.7 Å². The minimum Gasteiger partial charge on any atom is -0.478 e. The fraction of sp³-hybridized carbons (Fsp3) is 0.222. The summed E-state index contributed by atoms with van der Waals surface area (Å²) in [7, 11) is 0. The SMILES string of the molecule is O=C(O)c1cccc2c1C(F)CN2. The second kappa shape index (κ2) is 2.73. The summed E-state index contributed by atoms with van der Waals surface area (Å²) in [5.41, 5.74) is 0.914. The zero-order chi connectivity index (χ0) is 9.42. The number of benzene rings is 1. The van der Waals surface area contributed by atoms with E-state index in [0.717, 1.165) is 0 Å². The summed E-state index contributed by atoms with van der Waals surface area (Å²) >= 11 is 0. The van der Waals surface area contributed by atoms with Crippen LogP contribution in [0.15, 0.2) is 18.2 Å². The fourth-order valence-corrected chi connectivity index (χ4v) is 1.54. The molecular formula is C9H8FNO2. The summed E-state index contributed by atoms with van der Waals surface area (Å²) in [5.74, 6) is -1.08. The summed E-state index contributed by atoms with van der Waals surface area (Å²) in [6.45, 7) is 0.166. The molecule has 2 rings (SSSR count). The van der Waals surface area contributed by atoms with Crippen LogP contribution < -0.4 is 5.32 Å². The first-order chi connectivity index (χ1) is 6.20. The van der Waals surface area contributed by atoms with Crippen LogP contribution in [0.25, 0.3) is 0 Å². The van der Waals surface area contributed by atoms with E-state index in [1.807, 2.05) is 0 Å². The lowest BCUT2D eigenvalue weighted by Gasteiger charge is -2.03. The lowest BCUT2D eigenvalue weighted by atomic mass is 10.0. The lowest BCUT2D eigenvalue weighted by molar-refractivity contribution is 0.0694. The second-order valence-electron chi connectivity index (χ2n) is 2.92. The van der Waals surface area contributed by atoms with Crippen molar-refractivity contribution in [2.75, 3.05) is 11.9 Å². The van der Waals surface area contributed by atoms with E-state index in [9.17, 15) is 9.18 Å². The van der Waals surface area contributed by atoms with Gasteiger partial charge in [-0.15, -0.1) is 0 Å². The van der Waals surface area contributed by atoms with Gasteiger partial charge in [-0.1, -0.05) is 6.07 Å². The molecule has 68 valence electrons. The molecule has 3 nitrogen and oxygen atoms in total. The minimum atomic E-state index is -1.21. The predicted molar refractivity (Wildman–Crippen MR) is 45.7 cm³/mol. The van der Waals surface area contributed by atoms with E-state index in [1.54, 1.807) is 12.1 Å². The van der Waals surface area contributed by atoms with Crippen LogP contribution in [0.1, 0.15) is 22.1 Å². The Balaban J connectivity index is 2.60. The molecule has 1 aromatic carbocycles. The van der Waals surface area contributed by atoms with E-state index < -0.39 is 12.1 Å². The zero-order valence-corrected chi connectivity index (χ0v) is 6.75. The van der Waals surface area contributed by atoms with Crippen LogP contribution in [0, 0.1) is 0 Å². The topological polar surface area (TPSA) is 49.3 Å². The summed E-state index contributed by atoms with van der Waals surface area (Å²) in [4.78, 5) is 10.7. The van der Waals surface area contributed by atoms with E-state index in [0.29, 0.717) is 5.69 Å². The third kappa shape index (κ3) is 1.14. The second-order valence-corrected chi connectivity index (χ2v) is 2.92. The lowest BCUT2D eigenvalue weighted by Crippen LogP contribution is -2.02. The molecule has 0 aromatic heterocycles. The highest BCUT2D eigenvalue weighted by Gasteiger charge is 2.26. The largest absolute Gasteiger partial charge is 0.478 e. The van der Waals surface area contributed by atoms with E-state index in [2.05, 4.69) is 5.32 Å². The van der Waals surface area contributed by atoms with Crippen LogP contribution in [0.4, 0.5) is 10.1 Å².